The van der Waals surface area contributed by atoms with Crippen LogP contribution in [0, 0.1) is 0 Å². The van der Waals surface area contributed by atoms with Crippen molar-refractivity contribution in [1.82, 2.24) is 5.32 Å². The Balaban J connectivity index is 1.11. The second-order valence-electron chi connectivity index (χ2n) is 13.6. The zero-order chi connectivity index (χ0) is 33.0. The molecule has 0 radical (unpaired) electrons. The smallest absolute Gasteiger partial charge is 0.134 e. The molecule has 0 saturated heterocycles. The zero-order valence-electron chi connectivity index (χ0n) is 27.7. The molecule has 0 fully saturated rings. The molecule has 2 aliphatic rings. The summed E-state index contributed by atoms with van der Waals surface area (Å²) in [6, 6.07) is 59.1. The number of amidine groups is 1. The first-order valence-corrected chi connectivity index (χ1v) is 17.1. The Labute approximate surface area is 288 Å². The van der Waals surface area contributed by atoms with Gasteiger partial charge in [0.15, 0.2) is 0 Å². The van der Waals surface area contributed by atoms with E-state index >= 15 is 0 Å². The second-order valence-corrected chi connectivity index (χ2v) is 13.6. The highest BCUT2D eigenvalue weighted by molar-refractivity contribution is 6.05. The van der Waals surface area contributed by atoms with Gasteiger partial charge < -0.3 is 5.32 Å². The molecule has 0 amide bonds. The Hall–Kier alpha value is -5.99. The van der Waals surface area contributed by atoms with Gasteiger partial charge in [-0.3, -0.25) is 0 Å². The summed E-state index contributed by atoms with van der Waals surface area (Å²) in [6.07, 6.45) is 2.24. The summed E-state index contributed by atoms with van der Waals surface area (Å²) in [5, 5.41) is 6.29. The molecule has 2 heteroatoms. The molecule has 7 aromatic rings. The van der Waals surface area contributed by atoms with Crippen LogP contribution < -0.4 is 5.32 Å². The van der Waals surface area contributed by atoms with Crippen molar-refractivity contribution in [1.29, 1.82) is 0 Å². The van der Waals surface area contributed by atoms with Crippen LogP contribution in [0.4, 0.5) is 0 Å². The predicted octanol–water partition coefficient (Wildman–Crippen LogP) is 11.6. The summed E-state index contributed by atoms with van der Waals surface area (Å²) in [6.45, 7) is 4.78. The van der Waals surface area contributed by atoms with Crippen LogP contribution in [-0.2, 0) is 5.41 Å². The Bertz CT molecular complexity index is 2400. The maximum Gasteiger partial charge on any atom is 0.134 e. The molecule has 0 bridgehead atoms. The first kappa shape index (κ1) is 29.2. The van der Waals surface area contributed by atoms with Crippen molar-refractivity contribution in [3.63, 3.8) is 0 Å². The molecule has 0 saturated carbocycles. The van der Waals surface area contributed by atoms with E-state index in [1.165, 1.54) is 60.8 Å². The Morgan fingerprint density at radius 3 is 1.88 bits per heavy atom. The molecule has 1 heterocycles. The fourth-order valence-corrected chi connectivity index (χ4v) is 7.83. The molecular weight excluding hydrogens is 593 g/mol. The van der Waals surface area contributed by atoms with Crippen molar-refractivity contribution in [2.24, 2.45) is 4.99 Å². The number of fused-ring (bicyclic) bond motifs is 5. The molecule has 7 aromatic carbocycles. The van der Waals surface area contributed by atoms with Gasteiger partial charge in [0.2, 0.25) is 0 Å². The molecule has 1 aliphatic heterocycles. The lowest BCUT2D eigenvalue weighted by molar-refractivity contribution is 0.666. The molecule has 9 rings (SSSR count). The summed E-state index contributed by atoms with van der Waals surface area (Å²) >= 11 is 0. The number of aliphatic imine (C=N–C) groups is 1. The van der Waals surface area contributed by atoms with Crippen LogP contribution in [0.1, 0.15) is 47.7 Å². The van der Waals surface area contributed by atoms with Crippen LogP contribution in [-0.4, -0.2) is 5.84 Å². The van der Waals surface area contributed by atoms with Crippen molar-refractivity contribution < 1.29 is 0 Å². The van der Waals surface area contributed by atoms with Crippen molar-refractivity contribution in [3.05, 3.63) is 198 Å². The van der Waals surface area contributed by atoms with Gasteiger partial charge in [-0.15, -0.1) is 0 Å². The van der Waals surface area contributed by atoms with Gasteiger partial charge in [0.05, 0.1) is 11.7 Å². The predicted molar refractivity (Wildman–Crippen MR) is 206 cm³/mol. The van der Waals surface area contributed by atoms with E-state index in [4.69, 9.17) is 4.99 Å². The van der Waals surface area contributed by atoms with Gasteiger partial charge in [-0.05, 0) is 84.6 Å². The van der Waals surface area contributed by atoms with E-state index in [-0.39, 0.29) is 11.5 Å². The van der Waals surface area contributed by atoms with E-state index in [0.717, 1.165) is 22.7 Å². The largest absolute Gasteiger partial charge is 0.359 e. The average molecular weight is 629 g/mol. The lowest BCUT2D eigenvalue weighted by Crippen LogP contribution is -2.31. The topological polar surface area (TPSA) is 24.4 Å². The van der Waals surface area contributed by atoms with E-state index in [0.29, 0.717) is 0 Å². The standard InChI is InChI=1S/C47H36N2/c1-47(2)41-29-36(26-27-39(41)44-40(32-14-6-3-7-15-32)28-37-20-12-13-21-38(37)45(44)47)31-22-24-34(25-23-31)43-30-42(33-16-8-4-9-17-33)48-46(49-43)35-18-10-5-11-19-35/h3-30,42H,1-2H3,(H,48,49). The Morgan fingerprint density at radius 1 is 0.531 bits per heavy atom. The molecule has 49 heavy (non-hydrogen) atoms. The lowest BCUT2D eigenvalue weighted by atomic mass is 9.79. The molecule has 0 aromatic heterocycles. The minimum absolute atomic E-state index is 0.0287. The average Bonchev–Trinajstić information content (AvgIpc) is 3.41. The highest BCUT2D eigenvalue weighted by Gasteiger charge is 2.39. The lowest BCUT2D eigenvalue weighted by Gasteiger charge is -2.25. The van der Waals surface area contributed by atoms with Crippen molar-refractivity contribution in [2.45, 2.75) is 25.3 Å². The van der Waals surface area contributed by atoms with Crippen LogP contribution in [0.5, 0.6) is 0 Å². The van der Waals surface area contributed by atoms with Crippen LogP contribution in [0.25, 0.3) is 49.9 Å². The summed E-state index contributed by atoms with van der Waals surface area (Å²) in [7, 11) is 0. The zero-order valence-corrected chi connectivity index (χ0v) is 27.7. The molecular formula is C47H36N2. The third kappa shape index (κ3) is 5.00. The van der Waals surface area contributed by atoms with Gasteiger partial charge in [0.25, 0.3) is 0 Å². The monoisotopic (exact) mass is 628 g/mol. The third-order valence-corrected chi connectivity index (χ3v) is 10.3. The molecule has 234 valence electrons. The molecule has 1 unspecified atom stereocenters. The fourth-order valence-electron chi connectivity index (χ4n) is 7.83. The molecule has 1 N–H and O–H groups in total. The van der Waals surface area contributed by atoms with Crippen molar-refractivity contribution >= 4 is 22.3 Å². The van der Waals surface area contributed by atoms with Crippen LogP contribution in [0.15, 0.2) is 175 Å². The number of hydrogen-bond acceptors (Lipinski definition) is 2. The number of nitrogens with zero attached hydrogens (tertiary/aromatic N) is 1. The summed E-state index contributed by atoms with van der Waals surface area (Å²) in [4.78, 5) is 5.11. The summed E-state index contributed by atoms with van der Waals surface area (Å²) in [5.74, 6) is 0.888. The summed E-state index contributed by atoms with van der Waals surface area (Å²) < 4.78 is 0. The highest BCUT2D eigenvalue weighted by Crippen LogP contribution is 2.55. The van der Waals surface area contributed by atoms with E-state index in [1.807, 2.05) is 6.07 Å². The quantitative estimate of drug-likeness (QED) is 0.201. The molecule has 0 spiro atoms. The fraction of sp³-hybridized carbons (Fsp3) is 0.0851. The van der Waals surface area contributed by atoms with Gasteiger partial charge in [-0.2, -0.15) is 0 Å². The van der Waals surface area contributed by atoms with Gasteiger partial charge in [-0.25, -0.2) is 4.99 Å². The highest BCUT2D eigenvalue weighted by atomic mass is 15.0. The van der Waals surface area contributed by atoms with E-state index < -0.39 is 0 Å². The molecule has 2 nitrogen and oxygen atoms in total. The van der Waals surface area contributed by atoms with Crippen LogP contribution in [0.3, 0.4) is 0 Å². The van der Waals surface area contributed by atoms with E-state index in [2.05, 4.69) is 183 Å². The van der Waals surface area contributed by atoms with Gasteiger partial charge in [0, 0.05) is 11.0 Å². The third-order valence-electron chi connectivity index (χ3n) is 10.3. The number of rotatable bonds is 5. The maximum absolute atomic E-state index is 5.11. The maximum atomic E-state index is 5.11. The van der Waals surface area contributed by atoms with Gasteiger partial charge in [0.1, 0.15) is 5.84 Å². The number of nitrogens with one attached hydrogen (secondary N) is 1. The minimum Gasteiger partial charge on any atom is -0.359 e. The minimum atomic E-state index is -0.153. The molecule has 1 aliphatic carbocycles. The summed E-state index contributed by atoms with van der Waals surface area (Å²) in [5.41, 5.74) is 14.7. The normalized spacial score (nSPS) is 15.9. The number of benzene rings is 7. The van der Waals surface area contributed by atoms with Crippen LogP contribution in [0.2, 0.25) is 0 Å². The molecule has 1 atom stereocenters. The van der Waals surface area contributed by atoms with E-state index in [1.54, 1.807) is 0 Å². The van der Waals surface area contributed by atoms with Gasteiger partial charge >= 0.3 is 0 Å². The number of hydrogen-bond donors (Lipinski definition) is 1. The van der Waals surface area contributed by atoms with E-state index in [9.17, 15) is 0 Å². The first-order chi connectivity index (χ1) is 24.0. The first-order valence-electron chi connectivity index (χ1n) is 17.1. The SMILES string of the molecule is CC1(C)c2cc(-c3ccc(C4=CC(c5ccccc5)NC(c5ccccc5)=N4)cc3)ccc2-c2c(-c3ccccc3)cc3ccccc3c21. The van der Waals surface area contributed by atoms with Gasteiger partial charge in [-0.1, -0.05) is 166 Å². The Morgan fingerprint density at radius 2 is 1.14 bits per heavy atom. The van der Waals surface area contributed by atoms with Crippen LogP contribution >= 0.6 is 0 Å². The second kappa shape index (κ2) is 11.6. The van der Waals surface area contributed by atoms with Crippen molar-refractivity contribution in [3.8, 4) is 33.4 Å². The Kier molecular flexibility index (Phi) is 6.91. The van der Waals surface area contributed by atoms with Crippen molar-refractivity contribution in [2.75, 3.05) is 0 Å².